The third kappa shape index (κ3) is 2.82. The largest absolute Gasteiger partial charge is 0.497 e. The van der Waals surface area contributed by atoms with Gasteiger partial charge in [0, 0.05) is 31.0 Å². The first-order chi connectivity index (χ1) is 10.2. The van der Waals surface area contributed by atoms with Gasteiger partial charge in [0.1, 0.15) is 23.7 Å². The van der Waals surface area contributed by atoms with Crippen LogP contribution in [0.2, 0.25) is 0 Å². The summed E-state index contributed by atoms with van der Waals surface area (Å²) in [6, 6.07) is 7.81. The van der Waals surface area contributed by atoms with Gasteiger partial charge in [-0.25, -0.2) is 0 Å². The molecular weight excluding hydrogens is 268 g/mol. The van der Waals surface area contributed by atoms with Crippen LogP contribution in [0, 0.1) is 11.3 Å². The van der Waals surface area contributed by atoms with Gasteiger partial charge in [-0.05, 0) is 25.0 Å². The SMILES string of the molecule is COc1ccc(OC2C[C@H]3CCC[C@@H](C2)N3O)c(C#N)c1. The number of fused-ring (bicyclic) bond motifs is 2. The van der Waals surface area contributed by atoms with Crippen LogP contribution in [0.25, 0.3) is 0 Å². The fourth-order valence-corrected chi connectivity index (χ4v) is 3.41. The van der Waals surface area contributed by atoms with Crippen molar-refractivity contribution in [3.05, 3.63) is 23.8 Å². The summed E-state index contributed by atoms with van der Waals surface area (Å²) in [5.41, 5.74) is 0.492. The molecule has 1 N–H and O–H groups in total. The second kappa shape index (κ2) is 5.92. The monoisotopic (exact) mass is 288 g/mol. The lowest BCUT2D eigenvalue weighted by Gasteiger charge is -2.44. The Balaban J connectivity index is 1.74. The average molecular weight is 288 g/mol. The number of hydrogen-bond donors (Lipinski definition) is 1. The molecule has 2 saturated heterocycles. The van der Waals surface area contributed by atoms with E-state index in [2.05, 4.69) is 6.07 Å². The summed E-state index contributed by atoms with van der Waals surface area (Å²) in [5.74, 6) is 1.26. The lowest BCUT2D eigenvalue weighted by Crippen LogP contribution is -2.52. The fraction of sp³-hybridized carbons (Fsp3) is 0.562. The highest BCUT2D eigenvalue weighted by molar-refractivity contribution is 5.47. The van der Waals surface area contributed by atoms with Crippen LogP contribution in [0.4, 0.5) is 0 Å². The second-order valence-electron chi connectivity index (χ2n) is 5.80. The molecule has 112 valence electrons. The molecule has 1 unspecified atom stereocenters. The predicted molar refractivity (Wildman–Crippen MR) is 76.4 cm³/mol. The molecule has 0 spiro atoms. The number of rotatable bonds is 3. The van der Waals surface area contributed by atoms with E-state index >= 15 is 0 Å². The van der Waals surface area contributed by atoms with Crippen molar-refractivity contribution in [3.63, 3.8) is 0 Å². The van der Waals surface area contributed by atoms with Crippen LogP contribution in [0.3, 0.4) is 0 Å². The maximum absolute atomic E-state index is 10.1. The Bertz CT molecular complexity index is 541. The van der Waals surface area contributed by atoms with Crippen molar-refractivity contribution < 1.29 is 14.7 Å². The number of nitriles is 1. The van der Waals surface area contributed by atoms with E-state index in [-0.39, 0.29) is 18.2 Å². The molecule has 1 aromatic carbocycles. The van der Waals surface area contributed by atoms with Crippen LogP contribution in [0.15, 0.2) is 18.2 Å². The first kappa shape index (κ1) is 14.2. The number of ether oxygens (including phenoxy) is 2. The molecule has 3 rings (SSSR count). The standard InChI is InChI=1S/C16H20N2O3/c1-20-14-5-6-16(11(7-14)10-17)21-15-8-12-3-2-4-13(9-15)18(12)19/h5-7,12-13,15,19H,2-4,8-9H2,1H3/t12-,13+,15?. The van der Waals surface area contributed by atoms with Crippen molar-refractivity contribution in [2.45, 2.75) is 50.3 Å². The minimum absolute atomic E-state index is 0.0594. The highest BCUT2D eigenvalue weighted by Gasteiger charge is 2.38. The van der Waals surface area contributed by atoms with Crippen molar-refractivity contribution in [2.24, 2.45) is 0 Å². The third-order valence-corrected chi connectivity index (χ3v) is 4.49. The highest BCUT2D eigenvalue weighted by Crippen LogP contribution is 2.35. The van der Waals surface area contributed by atoms with Crippen molar-refractivity contribution in [1.29, 1.82) is 5.26 Å². The zero-order valence-electron chi connectivity index (χ0n) is 12.2. The van der Waals surface area contributed by atoms with Gasteiger partial charge in [-0.3, -0.25) is 0 Å². The number of methoxy groups -OCH3 is 1. The van der Waals surface area contributed by atoms with E-state index < -0.39 is 0 Å². The Morgan fingerprint density at radius 3 is 2.62 bits per heavy atom. The van der Waals surface area contributed by atoms with Crippen molar-refractivity contribution in [1.82, 2.24) is 5.06 Å². The molecule has 1 aromatic rings. The summed E-state index contributed by atoms with van der Waals surface area (Å²) in [6.45, 7) is 0. The molecule has 0 aliphatic carbocycles. The topological polar surface area (TPSA) is 65.7 Å². The molecule has 2 aliphatic rings. The lowest BCUT2D eigenvalue weighted by molar-refractivity contribution is -0.207. The number of nitrogens with zero attached hydrogens (tertiary/aromatic N) is 2. The molecule has 2 bridgehead atoms. The van der Waals surface area contributed by atoms with E-state index in [0.717, 1.165) is 25.7 Å². The first-order valence-electron chi connectivity index (χ1n) is 7.43. The Hall–Kier alpha value is -1.77. The smallest absolute Gasteiger partial charge is 0.137 e. The number of hydrogen-bond acceptors (Lipinski definition) is 5. The molecule has 0 saturated carbocycles. The van der Waals surface area contributed by atoms with Gasteiger partial charge in [0.15, 0.2) is 0 Å². The molecule has 3 atom stereocenters. The maximum atomic E-state index is 10.1. The minimum Gasteiger partial charge on any atom is -0.497 e. The predicted octanol–water partition coefficient (Wildman–Crippen LogP) is 2.72. The molecule has 2 aliphatic heterocycles. The van der Waals surface area contributed by atoms with Crippen LogP contribution >= 0.6 is 0 Å². The van der Waals surface area contributed by atoms with E-state index in [0.29, 0.717) is 17.1 Å². The quantitative estimate of drug-likeness (QED) is 0.926. The number of hydroxylamine groups is 2. The molecule has 0 amide bonds. The molecule has 2 fully saturated rings. The molecule has 2 heterocycles. The lowest BCUT2D eigenvalue weighted by atomic mass is 9.84. The van der Waals surface area contributed by atoms with E-state index in [9.17, 15) is 10.5 Å². The highest BCUT2D eigenvalue weighted by atomic mass is 16.5. The normalized spacial score (nSPS) is 28.7. The molecule has 0 aromatic heterocycles. The summed E-state index contributed by atoms with van der Waals surface area (Å²) in [6.07, 6.45) is 4.88. The maximum Gasteiger partial charge on any atom is 0.137 e. The van der Waals surface area contributed by atoms with Gasteiger partial charge in [-0.1, -0.05) is 6.42 Å². The number of benzene rings is 1. The Kier molecular flexibility index (Phi) is 4.00. The van der Waals surface area contributed by atoms with Gasteiger partial charge in [-0.2, -0.15) is 10.3 Å². The van der Waals surface area contributed by atoms with E-state index in [4.69, 9.17) is 9.47 Å². The summed E-state index contributed by atoms with van der Waals surface area (Å²) < 4.78 is 11.2. The Morgan fingerprint density at radius 2 is 2.00 bits per heavy atom. The molecule has 21 heavy (non-hydrogen) atoms. The van der Waals surface area contributed by atoms with E-state index in [1.165, 1.54) is 11.5 Å². The van der Waals surface area contributed by atoms with Crippen LogP contribution in [0.1, 0.15) is 37.7 Å². The fourth-order valence-electron chi connectivity index (χ4n) is 3.41. The molecule has 5 heteroatoms. The van der Waals surface area contributed by atoms with Crippen molar-refractivity contribution >= 4 is 0 Å². The zero-order chi connectivity index (χ0) is 14.8. The van der Waals surface area contributed by atoms with Crippen molar-refractivity contribution in [3.8, 4) is 17.6 Å². The Morgan fingerprint density at radius 1 is 1.29 bits per heavy atom. The molecular formula is C16H20N2O3. The van der Waals surface area contributed by atoms with Gasteiger partial charge in [0.05, 0.1) is 12.7 Å². The van der Waals surface area contributed by atoms with Crippen molar-refractivity contribution in [2.75, 3.05) is 7.11 Å². The second-order valence-corrected chi connectivity index (χ2v) is 5.80. The minimum atomic E-state index is 0.0594. The first-order valence-corrected chi connectivity index (χ1v) is 7.43. The Labute approximate surface area is 124 Å². The molecule has 5 nitrogen and oxygen atoms in total. The van der Waals surface area contributed by atoms with Gasteiger partial charge in [0.2, 0.25) is 0 Å². The van der Waals surface area contributed by atoms with Crippen LogP contribution in [-0.4, -0.2) is 35.6 Å². The van der Waals surface area contributed by atoms with E-state index in [1.54, 1.807) is 25.3 Å². The summed E-state index contributed by atoms with van der Waals surface area (Å²) in [5, 5.41) is 20.8. The third-order valence-electron chi connectivity index (χ3n) is 4.49. The van der Waals surface area contributed by atoms with Gasteiger partial charge >= 0.3 is 0 Å². The van der Waals surface area contributed by atoms with Crippen LogP contribution in [0.5, 0.6) is 11.5 Å². The summed E-state index contributed by atoms with van der Waals surface area (Å²) >= 11 is 0. The van der Waals surface area contributed by atoms with Crippen LogP contribution in [-0.2, 0) is 0 Å². The number of piperidine rings is 2. The molecule has 0 radical (unpaired) electrons. The van der Waals surface area contributed by atoms with E-state index in [1.807, 2.05) is 0 Å². The summed E-state index contributed by atoms with van der Waals surface area (Å²) in [4.78, 5) is 0. The summed E-state index contributed by atoms with van der Waals surface area (Å²) in [7, 11) is 1.58. The zero-order valence-corrected chi connectivity index (χ0v) is 12.2. The van der Waals surface area contributed by atoms with Gasteiger partial charge in [0.25, 0.3) is 0 Å². The van der Waals surface area contributed by atoms with Gasteiger partial charge < -0.3 is 14.7 Å². The van der Waals surface area contributed by atoms with Crippen LogP contribution < -0.4 is 9.47 Å². The van der Waals surface area contributed by atoms with Gasteiger partial charge in [-0.15, -0.1) is 0 Å². The average Bonchev–Trinajstić information content (AvgIpc) is 2.48.